The van der Waals surface area contributed by atoms with E-state index in [-0.39, 0.29) is 24.1 Å². The minimum absolute atomic E-state index is 0. The van der Waals surface area contributed by atoms with Gasteiger partial charge >= 0.3 is 0 Å². The van der Waals surface area contributed by atoms with Crippen LogP contribution in [0, 0.1) is 0 Å². The molecular formula is C30H44ClNO2S. The Hall–Kier alpha value is -1.20. The van der Waals surface area contributed by atoms with Crippen LogP contribution in [0.5, 0.6) is 5.75 Å². The molecule has 2 unspecified atom stereocenters. The Morgan fingerprint density at radius 2 is 1.63 bits per heavy atom. The molecule has 5 heteroatoms. The quantitative estimate of drug-likeness (QED) is 0.306. The number of likely N-dealkylation sites (tertiary alicyclic amines) is 1. The first-order chi connectivity index (χ1) is 16.6. The number of halogens is 1. The molecule has 0 spiro atoms. The molecule has 2 aromatic rings. The minimum Gasteiger partial charge on any atom is -0.475 e. The van der Waals surface area contributed by atoms with Crippen LogP contribution in [0.15, 0.2) is 47.4 Å². The molecule has 2 heterocycles. The van der Waals surface area contributed by atoms with Gasteiger partial charge in [-0.2, -0.15) is 0 Å². The number of hydrogen-bond donors (Lipinski definition) is 1. The van der Waals surface area contributed by atoms with Crippen molar-refractivity contribution in [1.29, 1.82) is 0 Å². The fraction of sp³-hybridized carbons (Fsp3) is 0.600. The standard InChI is InChI=1S/C30H43NO2S.ClH/c1-4-7-8-23-9-11-24(12-10-23)13-15-26-16-17-27(31(26)22-32)25-14-18-28-29(21-25)34-30(33-28,19-5-2)20-6-3;/h9-12,14,18,21,26-27,32H,4-8,13,15-17,19-20,22H2,1-3H3;1H. The number of fused-ring (bicyclic) bond motifs is 1. The van der Waals surface area contributed by atoms with Crippen LogP contribution in [0.2, 0.25) is 0 Å². The van der Waals surface area contributed by atoms with Crippen LogP contribution in [-0.2, 0) is 12.8 Å². The van der Waals surface area contributed by atoms with E-state index in [0.717, 1.165) is 57.1 Å². The average Bonchev–Trinajstić information content (AvgIpc) is 3.42. The van der Waals surface area contributed by atoms with Gasteiger partial charge in [0.15, 0.2) is 4.93 Å². The predicted molar refractivity (Wildman–Crippen MR) is 151 cm³/mol. The normalized spacial score (nSPS) is 20.9. The first-order valence-electron chi connectivity index (χ1n) is 13.6. The van der Waals surface area contributed by atoms with Crippen molar-refractivity contribution in [3.05, 3.63) is 59.2 Å². The van der Waals surface area contributed by atoms with Crippen LogP contribution in [0.1, 0.15) is 101 Å². The SMILES string of the molecule is CCCCc1ccc(CCC2CCC(c3ccc4c(c3)SC(CCC)(CCC)O4)N2CO)cc1.Cl. The smallest absolute Gasteiger partial charge is 0.159 e. The zero-order valence-corrected chi connectivity index (χ0v) is 23.4. The van der Waals surface area contributed by atoms with Gasteiger partial charge in [-0.3, -0.25) is 4.90 Å². The molecule has 4 rings (SSSR count). The zero-order chi connectivity index (χ0) is 24.0. The summed E-state index contributed by atoms with van der Waals surface area (Å²) >= 11 is 1.93. The number of hydrogen-bond acceptors (Lipinski definition) is 4. The predicted octanol–water partition coefficient (Wildman–Crippen LogP) is 8.32. The highest BCUT2D eigenvalue weighted by atomic mass is 35.5. The van der Waals surface area contributed by atoms with E-state index in [0.29, 0.717) is 12.1 Å². The number of thioether (sulfide) groups is 1. The molecule has 0 aliphatic carbocycles. The van der Waals surface area contributed by atoms with E-state index in [2.05, 4.69) is 68.1 Å². The van der Waals surface area contributed by atoms with Crippen LogP contribution in [-0.4, -0.2) is 27.7 Å². The first kappa shape index (κ1) is 28.4. The molecule has 0 amide bonds. The number of nitrogens with zero attached hydrogens (tertiary/aromatic N) is 1. The maximum Gasteiger partial charge on any atom is 0.159 e. The first-order valence-corrected chi connectivity index (χ1v) is 14.4. The molecule has 1 fully saturated rings. The highest BCUT2D eigenvalue weighted by Crippen LogP contribution is 2.53. The molecule has 3 nitrogen and oxygen atoms in total. The van der Waals surface area contributed by atoms with Crippen LogP contribution in [0.4, 0.5) is 0 Å². The van der Waals surface area contributed by atoms with Gasteiger partial charge in [-0.25, -0.2) is 0 Å². The zero-order valence-electron chi connectivity index (χ0n) is 21.8. The van der Waals surface area contributed by atoms with Crippen molar-refractivity contribution in [2.45, 2.75) is 113 Å². The number of benzene rings is 2. The Balaban J connectivity index is 0.00000342. The molecule has 1 saturated heterocycles. The molecule has 194 valence electrons. The van der Waals surface area contributed by atoms with Crippen molar-refractivity contribution < 1.29 is 9.84 Å². The molecule has 0 radical (unpaired) electrons. The molecule has 2 atom stereocenters. The second-order valence-electron chi connectivity index (χ2n) is 10.2. The van der Waals surface area contributed by atoms with Gasteiger partial charge < -0.3 is 9.84 Å². The summed E-state index contributed by atoms with van der Waals surface area (Å²) in [5, 5.41) is 10.3. The monoisotopic (exact) mass is 517 g/mol. The van der Waals surface area contributed by atoms with Crippen molar-refractivity contribution >= 4 is 24.2 Å². The third-order valence-electron chi connectivity index (χ3n) is 7.62. The van der Waals surface area contributed by atoms with Gasteiger partial charge in [0.05, 0.1) is 11.6 Å². The summed E-state index contributed by atoms with van der Waals surface area (Å²) in [6.07, 6.45) is 12.6. The Bertz CT molecular complexity index is 913. The third-order valence-corrected chi connectivity index (χ3v) is 9.02. The summed E-state index contributed by atoms with van der Waals surface area (Å²) in [5.41, 5.74) is 4.19. The van der Waals surface area contributed by atoms with E-state index in [4.69, 9.17) is 4.74 Å². The molecule has 2 aromatic carbocycles. The lowest BCUT2D eigenvalue weighted by Crippen LogP contribution is -2.32. The minimum atomic E-state index is -0.0918. The summed E-state index contributed by atoms with van der Waals surface area (Å²) < 4.78 is 6.48. The summed E-state index contributed by atoms with van der Waals surface area (Å²) in [5.74, 6) is 1.04. The number of unbranched alkanes of at least 4 members (excludes halogenated alkanes) is 1. The summed E-state index contributed by atoms with van der Waals surface area (Å²) in [6, 6.07) is 16.7. The number of aryl methyl sites for hydroxylation is 2. The van der Waals surface area contributed by atoms with Crippen molar-refractivity contribution in [3.8, 4) is 5.75 Å². The molecule has 35 heavy (non-hydrogen) atoms. The lowest BCUT2D eigenvalue weighted by atomic mass is 10.0. The highest BCUT2D eigenvalue weighted by molar-refractivity contribution is 8.00. The van der Waals surface area contributed by atoms with Crippen LogP contribution in [0.3, 0.4) is 0 Å². The topological polar surface area (TPSA) is 32.7 Å². The van der Waals surface area contributed by atoms with Gasteiger partial charge in [0.1, 0.15) is 5.75 Å². The number of aliphatic hydroxyl groups excluding tert-OH is 1. The second kappa shape index (κ2) is 13.4. The Morgan fingerprint density at radius 1 is 0.943 bits per heavy atom. The van der Waals surface area contributed by atoms with Crippen molar-refractivity contribution in [1.82, 2.24) is 4.90 Å². The van der Waals surface area contributed by atoms with Crippen molar-refractivity contribution in [2.24, 2.45) is 0 Å². The van der Waals surface area contributed by atoms with Crippen LogP contribution in [0.25, 0.3) is 0 Å². The number of aliphatic hydroxyl groups is 1. The third kappa shape index (κ3) is 6.77. The van der Waals surface area contributed by atoms with Gasteiger partial charge in [0.2, 0.25) is 0 Å². The summed E-state index contributed by atoms with van der Waals surface area (Å²) in [4.78, 5) is 3.51. The Morgan fingerprint density at radius 3 is 2.26 bits per heavy atom. The largest absolute Gasteiger partial charge is 0.475 e. The molecule has 0 saturated carbocycles. The Kier molecular flexibility index (Phi) is 10.8. The van der Waals surface area contributed by atoms with Gasteiger partial charge in [-0.05, 0) is 80.2 Å². The van der Waals surface area contributed by atoms with E-state index in [9.17, 15) is 5.11 Å². The maximum absolute atomic E-state index is 10.3. The Labute approximate surface area is 223 Å². The van der Waals surface area contributed by atoms with E-state index >= 15 is 0 Å². The van der Waals surface area contributed by atoms with Crippen molar-refractivity contribution in [2.75, 3.05) is 6.73 Å². The lowest BCUT2D eigenvalue weighted by molar-refractivity contribution is 0.0596. The van der Waals surface area contributed by atoms with E-state index in [1.165, 1.54) is 40.8 Å². The number of ether oxygens (including phenoxy) is 1. The molecule has 0 bridgehead atoms. The van der Waals surface area contributed by atoms with Gasteiger partial charge in [0, 0.05) is 12.1 Å². The van der Waals surface area contributed by atoms with Crippen LogP contribution >= 0.6 is 24.2 Å². The van der Waals surface area contributed by atoms with E-state index in [1.807, 2.05) is 11.8 Å². The van der Waals surface area contributed by atoms with Crippen molar-refractivity contribution in [3.63, 3.8) is 0 Å². The fourth-order valence-electron chi connectivity index (χ4n) is 5.81. The summed E-state index contributed by atoms with van der Waals surface area (Å²) in [6.45, 7) is 6.86. The second-order valence-corrected chi connectivity index (χ2v) is 11.6. The fourth-order valence-corrected chi connectivity index (χ4v) is 7.36. The van der Waals surface area contributed by atoms with Crippen LogP contribution < -0.4 is 4.74 Å². The van der Waals surface area contributed by atoms with Gasteiger partial charge in [-0.1, -0.05) is 82.1 Å². The van der Waals surface area contributed by atoms with Gasteiger partial charge in [0.25, 0.3) is 0 Å². The average molecular weight is 518 g/mol. The van der Waals surface area contributed by atoms with Gasteiger partial charge in [-0.15, -0.1) is 12.4 Å². The molecule has 2 aliphatic rings. The molecule has 1 N–H and O–H groups in total. The summed E-state index contributed by atoms with van der Waals surface area (Å²) in [7, 11) is 0. The maximum atomic E-state index is 10.3. The van der Waals surface area contributed by atoms with E-state index < -0.39 is 0 Å². The highest BCUT2D eigenvalue weighted by Gasteiger charge is 2.40. The molecular weight excluding hydrogens is 474 g/mol. The van der Waals surface area contributed by atoms with E-state index in [1.54, 1.807) is 0 Å². The molecule has 2 aliphatic heterocycles. The number of rotatable bonds is 12. The lowest BCUT2D eigenvalue weighted by Gasteiger charge is -2.28. The molecule has 0 aromatic heterocycles.